The van der Waals surface area contributed by atoms with Crippen LogP contribution in [0.1, 0.15) is 54.9 Å². The minimum absolute atomic E-state index is 0.213. The number of carbonyl (C=O) groups is 1. The molecule has 126 valence electrons. The summed E-state index contributed by atoms with van der Waals surface area (Å²) in [6, 6.07) is 5.38. The van der Waals surface area contributed by atoms with Crippen molar-refractivity contribution in [1.82, 2.24) is 25.2 Å². The molecule has 0 aliphatic heterocycles. The van der Waals surface area contributed by atoms with E-state index < -0.39 is 0 Å². The Kier molecular flexibility index (Phi) is 4.84. The summed E-state index contributed by atoms with van der Waals surface area (Å²) in [6.07, 6.45) is 2.03. The third-order valence-electron chi connectivity index (χ3n) is 4.07. The van der Waals surface area contributed by atoms with Crippen molar-refractivity contribution in [1.29, 1.82) is 0 Å². The molecule has 0 radical (unpaired) electrons. The van der Waals surface area contributed by atoms with E-state index in [-0.39, 0.29) is 5.91 Å². The predicted octanol–water partition coefficient (Wildman–Crippen LogP) is 3.46. The van der Waals surface area contributed by atoms with Crippen LogP contribution in [0.15, 0.2) is 18.2 Å². The van der Waals surface area contributed by atoms with Gasteiger partial charge in [-0.15, -0.1) is 15.3 Å². The minimum atomic E-state index is -0.213. The first kappa shape index (κ1) is 16.5. The zero-order chi connectivity index (χ0) is 17.1. The van der Waals surface area contributed by atoms with Crippen LogP contribution in [0.2, 0.25) is 0 Å². The van der Waals surface area contributed by atoms with Gasteiger partial charge < -0.3 is 0 Å². The summed E-state index contributed by atoms with van der Waals surface area (Å²) in [7, 11) is 0. The van der Waals surface area contributed by atoms with Crippen LogP contribution < -0.4 is 5.32 Å². The smallest absolute Gasteiger partial charge is 0.257 e. The Bertz CT molecular complexity index is 851. The second kappa shape index (κ2) is 7.04. The molecule has 2 aromatic heterocycles. The number of nitrogens with one attached hydrogen (secondary N) is 1. The Hall–Kier alpha value is -2.35. The molecule has 0 bridgehead atoms. The maximum atomic E-state index is 12.4. The quantitative estimate of drug-likeness (QED) is 0.740. The van der Waals surface area contributed by atoms with Crippen LogP contribution in [0.25, 0.3) is 11.0 Å². The predicted molar refractivity (Wildman–Crippen MR) is 94.4 cm³/mol. The van der Waals surface area contributed by atoms with E-state index >= 15 is 0 Å². The maximum absolute atomic E-state index is 12.4. The molecule has 0 atom stereocenters. The number of benzene rings is 1. The summed E-state index contributed by atoms with van der Waals surface area (Å²) < 4.78 is 1.80. The molecule has 2 heterocycles. The Morgan fingerprint density at radius 3 is 2.71 bits per heavy atom. The summed E-state index contributed by atoms with van der Waals surface area (Å²) in [5.41, 5.74) is 2.16. The Labute approximate surface area is 144 Å². The molecule has 0 aliphatic rings. The molecule has 0 spiro atoms. The van der Waals surface area contributed by atoms with Crippen molar-refractivity contribution < 1.29 is 4.79 Å². The van der Waals surface area contributed by atoms with E-state index in [1.807, 2.05) is 13.0 Å². The normalized spacial score (nSPS) is 11.3. The van der Waals surface area contributed by atoms with Crippen molar-refractivity contribution in [3.05, 3.63) is 28.8 Å². The molecule has 0 saturated carbocycles. The van der Waals surface area contributed by atoms with E-state index in [0.717, 1.165) is 29.9 Å². The topological polar surface area (TPSA) is 85.6 Å². The van der Waals surface area contributed by atoms with Crippen LogP contribution in [0.4, 0.5) is 5.13 Å². The third-order valence-corrected chi connectivity index (χ3v) is 5.07. The average molecular weight is 344 g/mol. The Morgan fingerprint density at radius 2 is 2.00 bits per heavy atom. The van der Waals surface area contributed by atoms with Crippen molar-refractivity contribution in [3.8, 4) is 0 Å². The number of fused-ring (bicyclic) bond motifs is 1. The lowest BCUT2D eigenvalue weighted by molar-refractivity contribution is 0.102. The van der Waals surface area contributed by atoms with Gasteiger partial charge in [0.15, 0.2) is 0 Å². The molecule has 7 nitrogen and oxygen atoms in total. The largest absolute Gasteiger partial charge is 0.296 e. The standard InChI is InChI=1S/C16H20N6OS/c1-4-10(5-2)15-19-20-16(24-15)17-14(23)11-7-8-13-12(9-11)18-21-22(13)6-3/h7-10H,4-6H2,1-3H3,(H,17,20,23). The molecule has 0 unspecified atom stereocenters. The van der Waals surface area contributed by atoms with Gasteiger partial charge in [0.2, 0.25) is 5.13 Å². The number of hydrogen-bond donors (Lipinski definition) is 1. The molecule has 8 heteroatoms. The summed E-state index contributed by atoms with van der Waals surface area (Å²) in [5.74, 6) is 0.184. The highest BCUT2D eigenvalue weighted by Gasteiger charge is 2.16. The highest BCUT2D eigenvalue weighted by molar-refractivity contribution is 7.15. The van der Waals surface area contributed by atoms with Crippen molar-refractivity contribution in [2.45, 2.75) is 46.1 Å². The Morgan fingerprint density at radius 1 is 1.21 bits per heavy atom. The second-order valence-corrected chi connectivity index (χ2v) is 6.53. The summed E-state index contributed by atoms with van der Waals surface area (Å²) in [5, 5.41) is 20.7. The van der Waals surface area contributed by atoms with Crippen LogP contribution in [-0.4, -0.2) is 31.1 Å². The molecule has 1 N–H and O–H groups in total. The van der Waals surface area contributed by atoms with Gasteiger partial charge in [0.25, 0.3) is 5.91 Å². The molecule has 0 saturated heterocycles. The highest BCUT2D eigenvalue weighted by Crippen LogP contribution is 2.28. The SMILES string of the molecule is CCC(CC)c1nnc(NC(=O)c2ccc3c(c2)nnn3CC)s1. The van der Waals surface area contributed by atoms with E-state index in [2.05, 4.69) is 39.7 Å². The molecule has 0 aliphatic carbocycles. The first-order chi connectivity index (χ1) is 11.7. The van der Waals surface area contributed by atoms with Crippen LogP contribution in [0.5, 0.6) is 0 Å². The second-order valence-electron chi connectivity index (χ2n) is 5.52. The van der Waals surface area contributed by atoms with Crippen LogP contribution in [0, 0.1) is 0 Å². The van der Waals surface area contributed by atoms with E-state index in [1.165, 1.54) is 11.3 Å². The third kappa shape index (κ3) is 3.14. The number of nitrogens with zero attached hydrogens (tertiary/aromatic N) is 5. The molecule has 1 aromatic carbocycles. The van der Waals surface area contributed by atoms with Gasteiger partial charge in [-0.05, 0) is 38.0 Å². The van der Waals surface area contributed by atoms with Crippen LogP contribution >= 0.6 is 11.3 Å². The number of aromatic nitrogens is 5. The Balaban J connectivity index is 1.77. The van der Waals surface area contributed by atoms with Gasteiger partial charge >= 0.3 is 0 Å². The number of hydrogen-bond acceptors (Lipinski definition) is 6. The van der Waals surface area contributed by atoms with Gasteiger partial charge in [0, 0.05) is 18.0 Å². The van der Waals surface area contributed by atoms with E-state index in [9.17, 15) is 4.79 Å². The number of carbonyl (C=O) groups excluding carboxylic acids is 1. The zero-order valence-electron chi connectivity index (χ0n) is 14.0. The molecule has 1 amide bonds. The fourth-order valence-corrected chi connectivity index (χ4v) is 3.61. The first-order valence-corrected chi connectivity index (χ1v) is 8.95. The summed E-state index contributed by atoms with van der Waals surface area (Å²) >= 11 is 1.44. The fraction of sp³-hybridized carbons (Fsp3) is 0.438. The number of anilines is 1. The summed E-state index contributed by atoms with van der Waals surface area (Å²) in [4.78, 5) is 12.4. The zero-order valence-corrected chi connectivity index (χ0v) is 14.8. The number of amides is 1. The van der Waals surface area contributed by atoms with Gasteiger partial charge in [-0.2, -0.15) is 0 Å². The number of aryl methyl sites for hydroxylation is 1. The molecule has 3 aromatic rings. The first-order valence-electron chi connectivity index (χ1n) is 8.14. The molecule has 24 heavy (non-hydrogen) atoms. The van der Waals surface area contributed by atoms with E-state index in [4.69, 9.17) is 0 Å². The lowest BCUT2D eigenvalue weighted by atomic mass is 10.1. The molecule has 3 rings (SSSR count). The van der Waals surface area contributed by atoms with E-state index in [0.29, 0.717) is 22.1 Å². The van der Waals surface area contributed by atoms with Crippen LogP contribution in [-0.2, 0) is 6.54 Å². The highest BCUT2D eigenvalue weighted by atomic mass is 32.1. The summed E-state index contributed by atoms with van der Waals surface area (Å²) in [6.45, 7) is 7.01. The maximum Gasteiger partial charge on any atom is 0.257 e. The number of rotatable bonds is 6. The average Bonchev–Trinajstić information content (AvgIpc) is 3.22. The monoisotopic (exact) mass is 344 g/mol. The van der Waals surface area contributed by atoms with Gasteiger partial charge in [0.05, 0.1) is 5.52 Å². The van der Waals surface area contributed by atoms with Gasteiger partial charge in [0.1, 0.15) is 10.5 Å². The van der Waals surface area contributed by atoms with Crippen molar-refractivity contribution >= 4 is 33.4 Å². The minimum Gasteiger partial charge on any atom is -0.296 e. The van der Waals surface area contributed by atoms with Gasteiger partial charge in [-0.1, -0.05) is 30.4 Å². The van der Waals surface area contributed by atoms with Gasteiger partial charge in [-0.25, -0.2) is 4.68 Å². The van der Waals surface area contributed by atoms with Crippen molar-refractivity contribution in [3.63, 3.8) is 0 Å². The lowest BCUT2D eigenvalue weighted by Gasteiger charge is -2.05. The molecular weight excluding hydrogens is 324 g/mol. The van der Waals surface area contributed by atoms with Gasteiger partial charge in [-0.3, -0.25) is 10.1 Å². The van der Waals surface area contributed by atoms with Crippen molar-refractivity contribution in [2.75, 3.05) is 5.32 Å². The molecule has 0 fully saturated rings. The van der Waals surface area contributed by atoms with Crippen LogP contribution in [0.3, 0.4) is 0 Å². The van der Waals surface area contributed by atoms with Crippen molar-refractivity contribution in [2.24, 2.45) is 0 Å². The molecular formula is C16H20N6OS. The lowest BCUT2D eigenvalue weighted by Crippen LogP contribution is -2.11. The van der Waals surface area contributed by atoms with E-state index in [1.54, 1.807) is 16.8 Å². The fourth-order valence-electron chi connectivity index (χ4n) is 2.60.